The summed E-state index contributed by atoms with van der Waals surface area (Å²) < 4.78 is 5.50. The predicted molar refractivity (Wildman–Crippen MR) is 79.6 cm³/mol. The van der Waals surface area contributed by atoms with E-state index in [9.17, 15) is 0 Å². The molecule has 5 nitrogen and oxygen atoms in total. The number of aryl methyl sites for hydroxylation is 1. The van der Waals surface area contributed by atoms with Gasteiger partial charge in [0.15, 0.2) is 0 Å². The predicted octanol–water partition coefficient (Wildman–Crippen LogP) is 2.53. The van der Waals surface area contributed by atoms with Crippen molar-refractivity contribution in [3.8, 4) is 0 Å². The van der Waals surface area contributed by atoms with Gasteiger partial charge in [0.05, 0.1) is 6.54 Å². The van der Waals surface area contributed by atoms with Gasteiger partial charge in [0.2, 0.25) is 5.89 Å². The molecule has 5 heteroatoms. The fourth-order valence-electron chi connectivity index (χ4n) is 1.87. The quantitative estimate of drug-likeness (QED) is 0.812. The lowest BCUT2D eigenvalue weighted by Gasteiger charge is -2.04. The van der Waals surface area contributed by atoms with Crippen LogP contribution in [0.4, 0.5) is 6.01 Å². The summed E-state index contributed by atoms with van der Waals surface area (Å²) in [4.78, 5) is 0. The van der Waals surface area contributed by atoms with E-state index in [0.717, 1.165) is 13.0 Å². The van der Waals surface area contributed by atoms with Crippen LogP contribution in [0.2, 0.25) is 0 Å². The van der Waals surface area contributed by atoms with Crippen LogP contribution in [-0.4, -0.2) is 22.8 Å². The van der Waals surface area contributed by atoms with Crippen molar-refractivity contribution >= 4 is 6.01 Å². The van der Waals surface area contributed by atoms with Crippen LogP contribution in [0.5, 0.6) is 0 Å². The van der Waals surface area contributed by atoms with E-state index in [0.29, 0.717) is 24.5 Å². The molecule has 0 aliphatic carbocycles. The molecule has 1 aromatic heterocycles. The molecule has 0 atom stereocenters. The first-order valence-corrected chi connectivity index (χ1v) is 6.98. The largest absolute Gasteiger partial charge is 0.407 e. The first kappa shape index (κ1) is 14.5. The summed E-state index contributed by atoms with van der Waals surface area (Å²) in [6.45, 7) is 7.64. The van der Waals surface area contributed by atoms with E-state index in [2.05, 4.69) is 65.9 Å². The summed E-state index contributed by atoms with van der Waals surface area (Å²) in [5.74, 6) is 0.608. The Morgan fingerprint density at radius 3 is 2.85 bits per heavy atom. The van der Waals surface area contributed by atoms with E-state index in [-0.39, 0.29) is 0 Å². The highest BCUT2D eigenvalue weighted by molar-refractivity contribution is 5.24. The van der Waals surface area contributed by atoms with Gasteiger partial charge in [0, 0.05) is 12.6 Å². The smallest absolute Gasteiger partial charge is 0.315 e. The highest BCUT2D eigenvalue weighted by atomic mass is 16.4. The molecule has 2 aromatic rings. The molecule has 0 fully saturated rings. The molecule has 20 heavy (non-hydrogen) atoms. The molecule has 0 unspecified atom stereocenters. The Morgan fingerprint density at radius 1 is 1.25 bits per heavy atom. The second kappa shape index (κ2) is 7.05. The molecule has 0 bridgehead atoms. The van der Waals surface area contributed by atoms with E-state index in [1.165, 1.54) is 11.1 Å². The van der Waals surface area contributed by atoms with Gasteiger partial charge in [-0.25, -0.2) is 0 Å². The lowest BCUT2D eigenvalue weighted by Crippen LogP contribution is -2.21. The molecular weight excluding hydrogens is 252 g/mol. The summed E-state index contributed by atoms with van der Waals surface area (Å²) in [6, 6.07) is 9.38. The molecular formula is C15H22N4O. The highest BCUT2D eigenvalue weighted by Gasteiger charge is 2.05. The van der Waals surface area contributed by atoms with Gasteiger partial charge in [0.1, 0.15) is 0 Å². The zero-order valence-electron chi connectivity index (χ0n) is 12.3. The van der Waals surface area contributed by atoms with Crippen molar-refractivity contribution in [1.82, 2.24) is 15.5 Å². The van der Waals surface area contributed by atoms with E-state index in [4.69, 9.17) is 4.42 Å². The average molecular weight is 274 g/mol. The number of hydrogen-bond donors (Lipinski definition) is 2. The van der Waals surface area contributed by atoms with Gasteiger partial charge in [-0.2, -0.15) is 0 Å². The maximum atomic E-state index is 5.50. The van der Waals surface area contributed by atoms with Crippen LogP contribution >= 0.6 is 0 Å². The molecule has 0 aliphatic heterocycles. The lowest BCUT2D eigenvalue weighted by atomic mass is 10.1. The zero-order valence-corrected chi connectivity index (χ0v) is 12.3. The van der Waals surface area contributed by atoms with Gasteiger partial charge in [0.25, 0.3) is 0 Å². The SMILES string of the molecule is Cc1cccc(CCNc2nnc(CNC(C)C)o2)c1. The molecule has 0 radical (unpaired) electrons. The standard InChI is InChI=1S/C15H22N4O/c1-11(2)17-10-14-18-19-15(20-14)16-8-7-13-6-4-5-12(3)9-13/h4-6,9,11,17H,7-8,10H2,1-3H3,(H,16,19). The normalized spacial score (nSPS) is 11.0. The summed E-state index contributed by atoms with van der Waals surface area (Å²) >= 11 is 0. The topological polar surface area (TPSA) is 63.0 Å². The van der Waals surface area contributed by atoms with Crippen LogP contribution in [0.1, 0.15) is 30.9 Å². The lowest BCUT2D eigenvalue weighted by molar-refractivity contribution is 0.458. The molecule has 0 amide bonds. The number of anilines is 1. The zero-order chi connectivity index (χ0) is 14.4. The second-order valence-electron chi connectivity index (χ2n) is 5.20. The van der Waals surface area contributed by atoms with Crippen molar-refractivity contribution in [2.45, 2.75) is 39.8 Å². The Morgan fingerprint density at radius 2 is 2.10 bits per heavy atom. The maximum Gasteiger partial charge on any atom is 0.315 e. The van der Waals surface area contributed by atoms with E-state index < -0.39 is 0 Å². The van der Waals surface area contributed by atoms with Crippen LogP contribution in [0.15, 0.2) is 28.7 Å². The number of rotatable bonds is 7. The van der Waals surface area contributed by atoms with Gasteiger partial charge >= 0.3 is 6.01 Å². The van der Waals surface area contributed by atoms with Crippen LogP contribution in [0.3, 0.4) is 0 Å². The Hall–Kier alpha value is -1.88. The van der Waals surface area contributed by atoms with Crippen molar-refractivity contribution < 1.29 is 4.42 Å². The molecule has 0 saturated heterocycles. The van der Waals surface area contributed by atoms with Crippen molar-refractivity contribution in [2.75, 3.05) is 11.9 Å². The molecule has 108 valence electrons. The monoisotopic (exact) mass is 274 g/mol. The first-order chi connectivity index (χ1) is 9.63. The summed E-state index contributed by atoms with van der Waals surface area (Å²) in [7, 11) is 0. The van der Waals surface area contributed by atoms with E-state index >= 15 is 0 Å². The highest BCUT2D eigenvalue weighted by Crippen LogP contribution is 2.07. The molecule has 1 heterocycles. The van der Waals surface area contributed by atoms with Gasteiger partial charge < -0.3 is 15.1 Å². The Labute approximate surface area is 119 Å². The Kier molecular flexibility index (Phi) is 5.12. The molecule has 2 rings (SSSR count). The minimum atomic E-state index is 0.402. The second-order valence-corrected chi connectivity index (χ2v) is 5.20. The van der Waals surface area contributed by atoms with Crippen LogP contribution in [-0.2, 0) is 13.0 Å². The molecule has 0 spiro atoms. The van der Waals surface area contributed by atoms with Crippen LogP contribution in [0, 0.1) is 6.92 Å². The fraction of sp³-hybridized carbons (Fsp3) is 0.467. The molecule has 0 saturated carbocycles. The van der Waals surface area contributed by atoms with Crippen molar-refractivity contribution in [3.63, 3.8) is 0 Å². The van der Waals surface area contributed by atoms with Crippen molar-refractivity contribution in [3.05, 3.63) is 41.3 Å². The van der Waals surface area contributed by atoms with E-state index in [1.807, 2.05) is 0 Å². The Bertz CT molecular complexity index is 536. The Balaban J connectivity index is 1.77. The first-order valence-electron chi connectivity index (χ1n) is 6.98. The summed E-state index contributed by atoms with van der Waals surface area (Å²) in [5, 5.41) is 14.4. The van der Waals surface area contributed by atoms with Gasteiger partial charge in [-0.1, -0.05) is 48.8 Å². The maximum absolute atomic E-state index is 5.50. The summed E-state index contributed by atoms with van der Waals surface area (Å²) in [5.41, 5.74) is 2.58. The van der Waals surface area contributed by atoms with Crippen LogP contribution in [0.25, 0.3) is 0 Å². The third kappa shape index (κ3) is 4.66. The number of benzene rings is 1. The number of aromatic nitrogens is 2. The van der Waals surface area contributed by atoms with Gasteiger partial charge in [-0.15, -0.1) is 5.10 Å². The third-order valence-corrected chi connectivity index (χ3v) is 2.90. The summed E-state index contributed by atoms with van der Waals surface area (Å²) in [6.07, 6.45) is 0.934. The number of hydrogen-bond acceptors (Lipinski definition) is 5. The van der Waals surface area contributed by atoms with Gasteiger partial charge in [-0.05, 0) is 18.9 Å². The van der Waals surface area contributed by atoms with Gasteiger partial charge in [-0.3, -0.25) is 0 Å². The number of nitrogens with one attached hydrogen (secondary N) is 2. The van der Waals surface area contributed by atoms with Crippen LogP contribution < -0.4 is 10.6 Å². The molecule has 2 N–H and O–H groups in total. The average Bonchev–Trinajstić information content (AvgIpc) is 2.84. The van der Waals surface area contributed by atoms with E-state index in [1.54, 1.807) is 0 Å². The number of nitrogens with zero attached hydrogens (tertiary/aromatic N) is 2. The third-order valence-electron chi connectivity index (χ3n) is 2.90. The minimum Gasteiger partial charge on any atom is -0.407 e. The fourth-order valence-corrected chi connectivity index (χ4v) is 1.87. The van der Waals surface area contributed by atoms with Crippen molar-refractivity contribution in [2.24, 2.45) is 0 Å². The van der Waals surface area contributed by atoms with Crippen molar-refractivity contribution in [1.29, 1.82) is 0 Å². The molecule has 0 aliphatic rings. The molecule has 1 aromatic carbocycles. The minimum absolute atomic E-state index is 0.402.